The minimum Gasteiger partial charge on any atom is -0.381 e. The largest absolute Gasteiger partial charge is 0.381 e. The third-order valence-corrected chi connectivity index (χ3v) is 5.23. The Hall–Kier alpha value is -0.910. The van der Waals surface area contributed by atoms with Crippen LogP contribution in [0.3, 0.4) is 0 Å². The Morgan fingerprint density at radius 3 is 3.00 bits per heavy atom. The molecule has 3 unspecified atom stereocenters. The summed E-state index contributed by atoms with van der Waals surface area (Å²) in [6, 6.07) is 2.05. The molecule has 1 amide bonds. The van der Waals surface area contributed by atoms with E-state index in [1.165, 1.54) is 5.56 Å². The van der Waals surface area contributed by atoms with Crippen LogP contribution in [-0.2, 0) is 9.53 Å². The number of amides is 1. The highest BCUT2D eigenvalue weighted by molar-refractivity contribution is 7.07. The molecule has 3 atom stereocenters. The van der Waals surface area contributed by atoms with Gasteiger partial charge in [-0.15, -0.1) is 0 Å². The van der Waals surface area contributed by atoms with Crippen molar-refractivity contribution in [3.05, 3.63) is 22.4 Å². The number of hydrogen-bond acceptors (Lipinski definition) is 4. The molecule has 21 heavy (non-hydrogen) atoms. The van der Waals surface area contributed by atoms with E-state index in [1.54, 1.807) is 11.3 Å². The second-order valence-corrected chi connectivity index (χ2v) is 7.18. The fourth-order valence-corrected chi connectivity index (χ4v) is 3.87. The number of thiophene rings is 1. The number of rotatable bonds is 5. The van der Waals surface area contributed by atoms with Gasteiger partial charge in [0.25, 0.3) is 0 Å². The average Bonchev–Trinajstić information content (AvgIpc) is 3.17. The third kappa shape index (κ3) is 3.15. The first-order valence-electron chi connectivity index (χ1n) is 7.83. The summed E-state index contributed by atoms with van der Waals surface area (Å²) in [6.07, 6.45) is 2.21. The van der Waals surface area contributed by atoms with Gasteiger partial charge < -0.3 is 9.64 Å². The van der Waals surface area contributed by atoms with E-state index in [0.29, 0.717) is 11.8 Å². The van der Waals surface area contributed by atoms with Gasteiger partial charge in [-0.3, -0.25) is 10.1 Å². The molecule has 2 fully saturated rings. The lowest BCUT2D eigenvalue weighted by Gasteiger charge is -2.24. The van der Waals surface area contributed by atoms with Crippen molar-refractivity contribution in [1.82, 2.24) is 10.2 Å². The number of carbonyl (C=O) groups excluding carboxylic acids is 1. The molecule has 5 heteroatoms. The van der Waals surface area contributed by atoms with Crippen LogP contribution < -0.4 is 5.32 Å². The molecule has 0 saturated carbocycles. The minimum absolute atomic E-state index is 0.0403. The summed E-state index contributed by atoms with van der Waals surface area (Å²) in [5.74, 6) is 1.18. The van der Waals surface area contributed by atoms with Gasteiger partial charge >= 0.3 is 0 Å². The molecule has 2 aliphatic rings. The summed E-state index contributed by atoms with van der Waals surface area (Å²) in [5, 5.41) is 7.73. The van der Waals surface area contributed by atoms with Gasteiger partial charge in [0.2, 0.25) is 5.91 Å². The topological polar surface area (TPSA) is 41.6 Å². The molecule has 0 aromatic carbocycles. The van der Waals surface area contributed by atoms with Crippen LogP contribution in [0.25, 0.3) is 0 Å². The maximum absolute atomic E-state index is 12.7. The standard InChI is InChI=1S/C16H24N2O2S/c1-11(2)14-16(19)18(6-3-12-4-7-20-9-12)15(17-14)13-5-8-21-10-13/h5,8,10-12,14-15,17H,3-4,6-7,9H2,1-2H3. The van der Waals surface area contributed by atoms with Crippen LogP contribution in [-0.4, -0.2) is 36.6 Å². The lowest BCUT2D eigenvalue weighted by molar-refractivity contribution is -0.131. The first-order valence-corrected chi connectivity index (χ1v) is 8.77. The molecule has 4 nitrogen and oxygen atoms in total. The molecule has 1 aromatic heterocycles. The van der Waals surface area contributed by atoms with Crippen LogP contribution in [0.2, 0.25) is 0 Å². The SMILES string of the molecule is CC(C)C1NC(c2ccsc2)N(CCC2CCOC2)C1=O. The van der Waals surface area contributed by atoms with Crippen molar-refractivity contribution in [1.29, 1.82) is 0 Å². The summed E-state index contributed by atoms with van der Waals surface area (Å²) < 4.78 is 5.44. The Labute approximate surface area is 130 Å². The average molecular weight is 308 g/mol. The van der Waals surface area contributed by atoms with Gasteiger partial charge in [-0.25, -0.2) is 0 Å². The quantitative estimate of drug-likeness (QED) is 0.909. The van der Waals surface area contributed by atoms with Crippen molar-refractivity contribution in [2.45, 2.75) is 38.9 Å². The van der Waals surface area contributed by atoms with Crippen LogP contribution in [0.5, 0.6) is 0 Å². The van der Waals surface area contributed by atoms with Gasteiger partial charge in [0.1, 0.15) is 6.17 Å². The van der Waals surface area contributed by atoms with Crippen LogP contribution in [0, 0.1) is 11.8 Å². The maximum atomic E-state index is 12.7. The molecule has 3 heterocycles. The molecule has 3 rings (SSSR count). The van der Waals surface area contributed by atoms with Gasteiger partial charge in [0.15, 0.2) is 0 Å². The molecule has 2 aliphatic heterocycles. The molecule has 0 aliphatic carbocycles. The smallest absolute Gasteiger partial charge is 0.241 e. The Morgan fingerprint density at radius 1 is 1.52 bits per heavy atom. The Kier molecular flexibility index (Phi) is 4.62. The third-order valence-electron chi connectivity index (χ3n) is 4.53. The van der Waals surface area contributed by atoms with E-state index in [1.807, 2.05) is 4.90 Å². The maximum Gasteiger partial charge on any atom is 0.241 e. The number of carbonyl (C=O) groups is 1. The predicted octanol–water partition coefficient (Wildman–Crippen LogP) is 2.63. The van der Waals surface area contributed by atoms with Crippen molar-refractivity contribution in [2.75, 3.05) is 19.8 Å². The number of nitrogens with zero attached hydrogens (tertiary/aromatic N) is 1. The van der Waals surface area contributed by atoms with Crippen LogP contribution in [0.15, 0.2) is 16.8 Å². The molecule has 0 bridgehead atoms. The fraction of sp³-hybridized carbons (Fsp3) is 0.688. The van der Waals surface area contributed by atoms with Gasteiger partial charge in [0.05, 0.1) is 6.04 Å². The van der Waals surface area contributed by atoms with Crippen molar-refractivity contribution >= 4 is 17.2 Å². The van der Waals surface area contributed by atoms with Crippen molar-refractivity contribution in [3.63, 3.8) is 0 Å². The summed E-state index contributed by atoms with van der Waals surface area (Å²) in [5.41, 5.74) is 1.21. The van der Waals surface area contributed by atoms with E-state index in [9.17, 15) is 4.79 Å². The second kappa shape index (κ2) is 6.46. The molecular formula is C16H24N2O2S. The Morgan fingerprint density at radius 2 is 2.38 bits per heavy atom. The van der Waals surface area contributed by atoms with E-state index >= 15 is 0 Å². The predicted molar refractivity (Wildman–Crippen MR) is 84.1 cm³/mol. The summed E-state index contributed by atoms with van der Waals surface area (Å²) >= 11 is 1.68. The van der Waals surface area contributed by atoms with Crippen molar-refractivity contribution in [3.8, 4) is 0 Å². The zero-order valence-corrected chi connectivity index (χ0v) is 13.6. The first-order chi connectivity index (χ1) is 10.2. The van der Waals surface area contributed by atoms with Crippen molar-refractivity contribution in [2.24, 2.45) is 11.8 Å². The molecule has 116 valence electrons. The molecule has 0 spiro atoms. The number of nitrogens with one attached hydrogen (secondary N) is 1. The highest BCUT2D eigenvalue weighted by Gasteiger charge is 2.41. The Bertz CT molecular complexity index is 469. The second-order valence-electron chi connectivity index (χ2n) is 6.40. The normalized spacial score (nSPS) is 29.8. The monoisotopic (exact) mass is 308 g/mol. The summed E-state index contributed by atoms with van der Waals surface area (Å²) in [7, 11) is 0. The molecular weight excluding hydrogens is 284 g/mol. The van der Waals surface area contributed by atoms with Gasteiger partial charge in [-0.2, -0.15) is 11.3 Å². The van der Waals surface area contributed by atoms with E-state index in [-0.39, 0.29) is 18.1 Å². The lowest BCUT2D eigenvalue weighted by atomic mass is 10.0. The van der Waals surface area contributed by atoms with Crippen LogP contribution >= 0.6 is 11.3 Å². The summed E-state index contributed by atoms with van der Waals surface area (Å²) in [4.78, 5) is 14.7. The van der Waals surface area contributed by atoms with Gasteiger partial charge in [-0.1, -0.05) is 13.8 Å². The molecule has 2 saturated heterocycles. The number of ether oxygens (including phenoxy) is 1. The van der Waals surface area contributed by atoms with Crippen LogP contribution in [0.1, 0.15) is 38.4 Å². The molecule has 1 N–H and O–H groups in total. The van der Waals surface area contributed by atoms with E-state index in [2.05, 4.69) is 36.0 Å². The van der Waals surface area contributed by atoms with Crippen LogP contribution in [0.4, 0.5) is 0 Å². The Balaban J connectivity index is 1.71. The minimum atomic E-state index is -0.0604. The van der Waals surface area contributed by atoms with Crippen molar-refractivity contribution < 1.29 is 9.53 Å². The fourth-order valence-electron chi connectivity index (χ4n) is 3.19. The molecule has 1 aromatic rings. The van der Waals surface area contributed by atoms with E-state index in [0.717, 1.165) is 32.6 Å². The lowest BCUT2D eigenvalue weighted by Crippen LogP contribution is -2.35. The van der Waals surface area contributed by atoms with Gasteiger partial charge in [-0.05, 0) is 47.1 Å². The first kappa shape index (κ1) is 15.0. The summed E-state index contributed by atoms with van der Waals surface area (Å²) in [6.45, 7) is 6.76. The zero-order valence-electron chi connectivity index (χ0n) is 12.7. The van der Waals surface area contributed by atoms with E-state index in [4.69, 9.17) is 4.74 Å². The highest BCUT2D eigenvalue weighted by atomic mass is 32.1. The van der Waals surface area contributed by atoms with Gasteiger partial charge in [0, 0.05) is 19.8 Å². The molecule has 0 radical (unpaired) electrons. The number of hydrogen-bond donors (Lipinski definition) is 1. The zero-order chi connectivity index (χ0) is 14.8. The van der Waals surface area contributed by atoms with E-state index < -0.39 is 0 Å². The highest BCUT2D eigenvalue weighted by Crippen LogP contribution is 2.30.